The molecule has 0 saturated carbocycles. The molecule has 1 atom stereocenters. The number of carbonyl (C=O) groups is 1. The number of anilines is 1. The smallest absolute Gasteiger partial charge is 0.239 e. The van der Waals surface area contributed by atoms with Crippen LogP contribution in [0, 0.1) is 25.2 Å². The summed E-state index contributed by atoms with van der Waals surface area (Å²) in [7, 11) is 1.90. The van der Waals surface area contributed by atoms with Crippen molar-refractivity contribution in [3.05, 3.63) is 70.8 Å². The highest BCUT2D eigenvalue weighted by molar-refractivity contribution is 5.93. The maximum absolute atomic E-state index is 12.8. The van der Waals surface area contributed by atoms with E-state index in [1.54, 1.807) is 18.4 Å². The highest BCUT2D eigenvalue weighted by atomic mass is 16.3. The molecule has 0 bridgehead atoms. The second-order valence-corrected chi connectivity index (χ2v) is 7.89. The van der Waals surface area contributed by atoms with E-state index in [0.717, 1.165) is 29.0 Å². The monoisotopic (exact) mass is 420 g/mol. The van der Waals surface area contributed by atoms with Crippen LogP contribution in [0.15, 0.2) is 47.1 Å². The maximum Gasteiger partial charge on any atom is 0.239 e. The molecule has 0 radical (unpaired) electrons. The Morgan fingerprint density at radius 2 is 2.00 bits per heavy atom. The number of rotatable bonds is 8. The Bertz CT molecular complexity index is 1080. The van der Waals surface area contributed by atoms with Crippen LogP contribution in [-0.4, -0.2) is 40.1 Å². The van der Waals surface area contributed by atoms with Gasteiger partial charge in [0.15, 0.2) is 0 Å². The van der Waals surface area contributed by atoms with Crippen molar-refractivity contribution in [2.75, 3.05) is 18.9 Å². The van der Waals surface area contributed by atoms with Gasteiger partial charge in [-0.2, -0.15) is 5.26 Å². The van der Waals surface area contributed by atoms with E-state index in [0.29, 0.717) is 17.9 Å². The van der Waals surface area contributed by atoms with Crippen LogP contribution in [0.4, 0.5) is 5.82 Å². The van der Waals surface area contributed by atoms with E-state index in [1.165, 1.54) is 0 Å². The fourth-order valence-electron chi connectivity index (χ4n) is 3.57. The molecule has 2 aromatic heterocycles. The van der Waals surface area contributed by atoms with E-state index in [2.05, 4.69) is 18.3 Å². The number of hydrogen-bond donors (Lipinski definition) is 2. The van der Waals surface area contributed by atoms with Gasteiger partial charge in [0.05, 0.1) is 24.9 Å². The number of aromatic hydroxyl groups is 1. The molecule has 31 heavy (non-hydrogen) atoms. The lowest BCUT2D eigenvalue weighted by molar-refractivity contribution is -0.117. The van der Waals surface area contributed by atoms with Gasteiger partial charge in [-0.3, -0.25) is 9.69 Å². The summed E-state index contributed by atoms with van der Waals surface area (Å²) < 4.78 is 7.36. The number of phenols is 1. The highest BCUT2D eigenvalue weighted by Gasteiger charge is 2.21. The van der Waals surface area contributed by atoms with E-state index in [4.69, 9.17) is 4.42 Å². The minimum Gasteiger partial charge on any atom is -0.508 e. The van der Waals surface area contributed by atoms with Crippen LogP contribution < -0.4 is 5.32 Å². The van der Waals surface area contributed by atoms with Crippen LogP contribution in [0.5, 0.6) is 5.75 Å². The van der Waals surface area contributed by atoms with Crippen LogP contribution in [0.1, 0.15) is 35.1 Å². The second-order valence-electron chi connectivity index (χ2n) is 7.89. The lowest BCUT2D eigenvalue weighted by Crippen LogP contribution is -2.38. The Morgan fingerprint density at radius 3 is 2.61 bits per heavy atom. The predicted octanol–water partition coefficient (Wildman–Crippen LogP) is 3.83. The van der Waals surface area contributed by atoms with E-state index in [-0.39, 0.29) is 24.2 Å². The minimum atomic E-state index is -0.185. The molecule has 7 nitrogen and oxygen atoms in total. The molecular weight excluding hydrogens is 392 g/mol. The molecule has 0 unspecified atom stereocenters. The number of furan rings is 1. The van der Waals surface area contributed by atoms with Gasteiger partial charge in [0.25, 0.3) is 0 Å². The van der Waals surface area contributed by atoms with Crippen molar-refractivity contribution in [1.29, 1.82) is 5.26 Å². The third kappa shape index (κ3) is 5.16. The molecule has 162 valence electrons. The molecule has 3 aromatic rings. The average molecular weight is 421 g/mol. The van der Waals surface area contributed by atoms with Crippen LogP contribution in [0.3, 0.4) is 0 Å². The quantitative estimate of drug-likeness (QED) is 0.578. The number of likely N-dealkylation sites (N-methyl/N-ethyl adjacent to an activating group) is 1. The summed E-state index contributed by atoms with van der Waals surface area (Å²) in [5, 5.41) is 22.0. The van der Waals surface area contributed by atoms with Gasteiger partial charge in [-0.1, -0.05) is 12.1 Å². The molecule has 7 heteroatoms. The van der Waals surface area contributed by atoms with E-state index >= 15 is 0 Å². The molecule has 0 aliphatic heterocycles. The Kier molecular flexibility index (Phi) is 6.83. The first-order valence-electron chi connectivity index (χ1n) is 10.2. The molecule has 0 aliphatic carbocycles. The van der Waals surface area contributed by atoms with Crippen molar-refractivity contribution in [3.8, 4) is 11.8 Å². The number of hydrogen-bond acceptors (Lipinski definition) is 5. The Morgan fingerprint density at radius 1 is 1.29 bits per heavy atom. The van der Waals surface area contributed by atoms with Crippen molar-refractivity contribution < 1.29 is 14.3 Å². The first-order valence-corrected chi connectivity index (χ1v) is 10.2. The first kappa shape index (κ1) is 22.2. The van der Waals surface area contributed by atoms with Crippen LogP contribution in [-0.2, 0) is 17.8 Å². The molecule has 1 aromatic carbocycles. The zero-order chi connectivity index (χ0) is 22.5. The lowest BCUT2D eigenvalue weighted by atomic mass is 10.1. The summed E-state index contributed by atoms with van der Waals surface area (Å²) >= 11 is 0. The summed E-state index contributed by atoms with van der Waals surface area (Å²) in [5.74, 6) is 1.30. The summed E-state index contributed by atoms with van der Waals surface area (Å²) in [5.41, 5.74) is 3.32. The van der Waals surface area contributed by atoms with Gasteiger partial charge in [-0.05, 0) is 69.6 Å². The highest BCUT2D eigenvalue weighted by Crippen LogP contribution is 2.27. The maximum atomic E-state index is 12.8. The van der Waals surface area contributed by atoms with Gasteiger partial charge >= 0.3 is 0 Å². The third-order valence-electron chi connectivity index (χ3n) is 5.71. The molecule has 0 saturated heterocycles. The molecule has 1 amide bonds. The molecule has 0 aliphatic rings. The van der Waals surface area contributed by atoms with Crippen LogP contribution in [0.25, 0.3) is 0 Å². The summed E-state index contributed by atoms with van der Waals surface area (Å²) in [6, 6.07) is 13.1. The van der Waals surface area contributed by atoms with Crippen LogP contribution in [0.2, 0.25) is 0 Å². The Hall–Kier alpha value is -3.50. The van der Waals surface area contributed by atoms with Gasteiger partial charge in [0.1, 0.15) is 23.4 Å². The lowest BCUT2D eigenvalue weighted by Gasteiger charge is -2.24. The molecule has 2 heterocycles. The Balaban J connectivity index is 1.71. The number of phenolic OH excluding ortho intramolecular Hbond substituents is 1. The van der Waals surface area contributed by atoms with Crippen molar-refractivity contribution in [1.82, 2.24) is 9.47 Å². The molecule has 0 spiro atoms. The topological polar surface area (TPSA) is 94.4 Å². The fraction of sp³-hybridized carbons (Fsp3) is 0.333. The van der Waals surface area contributed by atoms with Gasteiger partial charge in [0.2, 0.25) is 5.91 Å². The van der Waals surface area contributed by atoms with Crippen molar-refractivity contribution in [2.45, 2.75) is 39.8 Å². The van der Waals surface area contributed by atoms with E-state index < -0.39 is 0 Å². The second kappa shape index (κ2) is 9.54. The van der Waals surface area contributed by atoms with Gasteiger partial charge in [-0.15, -0.1) is 0 Å². The summed E-state index contributed by atoms with van der Waals surface area (Å²) in [6.45, 7) is 6.49. The Labute approximate surface area is 182 Å². The standard InChI is InChI=1S/C24H28N4O3/c1-16(12-19-7-9-20(29)10-8-19)27(4)15-23(30)26-24-22(13-25)17(2)18(3)28(24)14-21-6-5-11-31-21/h5-11,16,29H,12,14-15H2,1-4H3,(H,26,30)/t16-/m1/s1. The zero-order valence-electron chi connectivity index (χ0n) is 18.3. The summed E-state index contributed by atoms with van der Waals surface area (Å²) in [4.78, 5) is 14.8. The number of benzene rings is 1. The van der Waals surface area contributed by atoms with Gasteiger partial charge < -0.3 is 19.4 Å². The largest absolute Gasteiger partial charge is 0.508 e. The molecular formula is C24H28N4O3. The third-order valence-corrected chi connectivity index (χ3v) is 5.71. The molecule has 2 N–H and O–H groups in total. The zero-order valence-corrected chi connectivity index (χ0v) is 18.3. The van der Waals surface area contributed by atoms with Gasteiger partial charge in [-0.25, -0.2) is 0 Å². The molecule has 0 fully saturated rings. The normalized spacial score (nSPS) is 12.0. The first-order chi connectivity index (χ1) is 14.8. The van der Waals surface area contributed by atoms with Gasteiger partial charge in [0, 0.05) is 11.7 Å². The van der Waals surface area contributed by atoms with E-state index in [9.17, 15) is 15.2 Å². The summed E-state index contributed by atoms with van der Waals surface area (Å²) in [6.07, 6.45) is 2.36. The average Bonchev–Trinajstić information content (AvgIpc) is 3.32. The predicted molar refractivity (Wildman–Crippen MR) is 119 cm³/mol. The minimum absolute atomic E-state index is 0.115. The number of nitriles is 1. The fourth-order valence-corrected chi connectivity index (χ4v) is 3.57. The number of nitrogens with one attached hydrogen (secondary N) is 1. The van der Waals surface area contributed by atoms with E-state index in [1.807, 2.05) is 54.6 Å². The van der Waals surface area contributed by atoms with Crippen molar-refractivity contribution >= 4 is 11.7 Å². The number of aromatic nitrogens is 1. The number of carbonyl (C=O) groups excluding carboxylic acids is 1. The molecule has 3 rings (SSSR count). The number of nitrogens with zero attached hydrogens (tertiary/aromatic N) is 3. The SMILES string of the molecule is Cc1c(C#N)c(NC(=O)CN(C)[C@H](C)Cc2ccc(O)cc2)n(Cc2ccco2)c1C. The van der Waals surface area contributed by atoms with Crippen LogP contribution >= 0.6 is 0 Å². The number of amides is 1. The van der Waals surface area contributed by atoms with Crippen molar-refractivity contribution in [3.63, 3.8) is 0 Å². The van der Waals surface area contributed by atoms with Crippen molar-refractivity contribution in [2.24, 2.45) is 0 Å².